The van der Waals surface area contributed by atoms with E-state index >= 15 is 0 Å². The van der Waals surface area contributed by atoms with Crippen molar-refractivity contribution in [2.75, 3.05) is 0 Å². The molecule has 0 bridgehead atoms. The Labute approximate surface area is 96.3 Å². The predicted molar refractivity (Wildman–Crippen MR) is 62.9 cm³/mol. The second-order valence-corrected chi connectivity index (χ2v) is 3.96. The number of rotatable bonds is 1. The fourth-order valence-electron chi connectivity index (χ4n) is 2.04. The highest BCUT2D eigenvalue weighted by atomic mass is 16.1. The van der Waals surface area contributed by atoms with Gasteiger partial charge in [-0.1, -0.05) is 0 Å². The summed E-state index contributed by atoms with van der Waals surface area (Å²) in [6.45, 7) is 3.82. The van der Waals surface area contributed by atoms with E-state index < -0.39 is 0 Å². The molecular weight excluding hydrogens is 218 g/mol. The minimum atomic E-state index is -0.145. The molecular formula is C11H11N5O. The Morgan fingerprint density at radius 2 is 2.18 bits per heavy atom. The van der Waals surface area contributed by atoms with Gasteiger partial charge in [0.2, 0.25) is 0 Å². The van der Waals surface area contributed by atoms with E-state index in [1.807, 2.05) is 13.8 Å². The van der Waals surface area contributed by atoms with E-state index in [1.54, 1.807) is 16.8 Å². The zero-order valence-corrected chi connectivity index (χ0v) is 9.48. The molecule has 3 heterocycles. The molecule has 6 nitrogen and oxygen atoms in total. The Bertz CT molecular complexity index is 729. The van der Waals surface area contributed by atoms with Crippen molar-refractivity contribution in [1.82, 2.24) is 24.8 Å². The van der Waals surface area contributed by atoms with Crippen LogP contribution in [0.5, 0.6) is 0 Å². The Balaban J connectivity index is 2.45. The molecule has 2 N–H and O–H groups in total. The largest absolute Gasteiger partial charge is 0.307 e. The third-order valence-corrected chi connectivity index (χ3v) is 2.77. The average Bonchev–Trinajstić information content (AvgIpc) is 2.85. The minimum absolute atomic E-state index is 0.145. The zero-order valence-electron chi connectivity index (χ0n) is 9.48. The van der Waals surface area contributed by atoms with E-state index in [0.717, 1.165) is 22.6 Å². The summed E-state index contributed by atoms with van der Waals surface area (Å²) < 4.78 is 1.70. The second-order valence-electron chi connectivity index (χ2n) is 3.96. The first-order chi connectivity index (χ1) is 8.16. The lowest BCUT2D eigenvalue weighted by Gasteiger charge is -2.04. The number of hydrogen-bond donors (Lipinski definition) is 2. The van der Waals surface area contributed by atoms with Crippen molar-refractivity contribution in [1.29, 1.82) is 0 Å². The number of nitrogens with one attached hydrogen (secondary N) is 2. The van der Waals surface area contributed by atoms with E-state index in [2.05, 4.69) is 20.3 Å². The van der Waals surface area contributed by atoms with Crippen LogP contribution in [0.2, 0.25) is 0 Å². The maximum absolute atomic E-state index is 11.6. The maximum Gasteiger partial charge on any atom is 0.251 e. The molecule has 0 saturated carbocycles. The van der Waals surface area contributed by atoms with Gasteiger partial charge in [0.25, 0.3) is 5.56 Å². The minimum Gasteiger partial charge on any atom is -0.307 e. The van der Waals surface area contributed by atoms with E-state index in [0.29, 0.717) is 5.65 Å². The summed E-state index contributed by atoms with van der Waals surface area (Å²) in [7, 11) is 0. The van der Waals surface area contributed by atoms with Crippen molar-refractivity contribution in [3.8, 4) is 11.3 Å². The van der Waals surface area contributed by atoms with Gasteiger partial charge in [0.15, 0.2) is 0 Å². The number of aromatic amines is 2. The highest BCUT2D eigenvalue weighted by Gasteiger charge is 2.13. The quantitative estimate of drug-likeness (QED) is 0.654. The molecule has 0 unspecified atom stereocenters. The molecule has 0 aromatic carbocycles. The molecule has 0 saturated heterocycles. The third kappa shape index (κ3) is 1.37. The molecule has 86 valence electrons. The SMILES string of the molecule is Cc1n[nH]c(C)c1-c1cc(=O)[nH]c2ccnn12. The van der Waals surface area contributed by atoms with Gasteiger partial charge in [0.1, 0.15) is 5.65 Å². The van der Waals surface area contributed by atoms with Crippen molar-refractivity contribution in [2.45, 2.75) is 13.8 Å². The molecule has 0 radical (unpaired) electrons. The van der Waals surface area contributed by atoms with Crippen molar-refractivity contribution in [3.63, 3.8) is 0 Å². The number of H-pyrrole nitrogens is 2. The molecule has 0 aliphatic carbocycles. The summed E-state index contributed by atoms with van der Waals surface area (Å²) in [5.41, 5.74) is 3.97. The molecule has 0 fully saturated rings. The first kappa shape index (κ1) is 9.83. The molecule has 0 aliphatic rings. The van der Waals surface area contributed by atoms with Crippen LogP contribution in [0.3, 0.4) is 0 Å². The Kier molecular flexibility index (Phi) is 1.91. The standard InChI is InChI=1S/C11H11N5O/c1-6-11(7(2)15-14-6)8-5-10(17)13-9-3-4-12-16(8)9/h3-5H,1-2H3,(H,13,17)(H,14,15). The molecule has 3 aromatic heterocycles. The molecule has 6 heteroatoms. The Morgan fingerprint density at radius 1 is 1.35 bits per heavy atom. The molecule has 0 spiro atoms. The summed E-state index contributed by atoms with van der Waals surface area (Å²) in [5, 5.41) is 11.2. The molecule has 0 atom stereocenters. The summed E-state index contributed by atoms with van der Waals surface area (Å²) in [5.74, 6) is 0. The van der Waals surface area contributed by atoms with E-state index in [-0.39, 0.29) is 5.56 Å². The van der Waals surface area contributed by atoms with Crippen LogP contribution in [0, 0.1) is 13.8 Å². The molecule has 0 amide bonds. The lowest BCUT2D eigenvalue weighted by molar-refractivity contribution is 0.937. The van der Waals surface area contributed by atoms with E-state index in [4.69, 9.17) is 0 Å². The van der Waals surface area contributed by atoms with Gasteiger partial charge in [-0.3, -0.25) is 9.89 Å². The van der Waals surface area contributed by atoms with Gasteiger partial charge < -0.3 is 4.98 Å². The Hall–Kier alpha value is -2.37. The van der Waals surface area contributed by atoms with Crippen LogP contribution >= 0.6 is 0 Å². The normalized spacial score (nSPS) is 11.2. The topological polar surface area (TPSA) is 78.8 Å². The summed E-state index contributed by atoms with van der Waals surface area (Å²) in [6, 6.07) is 3.29. The highest BCUT2D eigenvalue weighted by Crippen LogP contribution is 2.23. The van der Waals surface area contributed by atoms with Crippen molar-refractivity contribution in [3.05, 3.63) is 40.1 Å². The number of hydrogen-bond acceptors (Lipinski definition) is 3. The highest BCUT2D eigenvalue weighted by molar-refractivity contribution is 5.66. The lowest BCUT2D eigenvalue weighted by Crippen LogP contribution is -2.09. The van der Waals surface area contributed by atoms with Gasteiger partial charge in [-0.15, -0.1) is 0 Å². The monoisotopic (exact) mass is 229 g/mol. The van der Waals surface area contributed by atoms with Gasteiger partial charge in [-0.2, -0.15) is 10.2 Å². The summed E-state index contributed by atoms with van der Waals surface area (Å²) >= 11 is 0. The number of nitrogens with zero attached hydrogens (tertiary/aromatic N) is 3. The molecule has 0 aliphatic heterocycles. The Morgan fingerprint density at radius 3 is 2.88 bits per heavy atom. The van der Waals surface area contributed by atoms with E-state index in [9.17, 15) is 4.79 Å². The third-order valence-electron chi connectivity index (χ3n) is 2.77. The van der Waals surface area contributed by atoms with Crippen LogP contribution in [0.4, 0.5) is 0 Å². The summed E-state index contributed by atoms with van der Waals surface area (Å²) in [4.78, 5) is 14.3. The fraction of sp³-hybridized carbons (Fsp3) is 0.182. The van der Waals surface area contributed by atoms with Gasteiger partial charge in [-0.05, 0) is 13.8 Å². The number of fused-ring (bicyclic) bond motifs is 1. The summed E-state index contributed by atoms with van der Waals surface area (Å²) in [6.07, 6.45) is 1.65. The van der Waals surface area contributed by atoms with Crippen LogP contribution in [-0.2, 0) is 0 Å². The lowest BCUT2D eigenvalue weighted by atomic mass is 10.1. The van der Waals surface area contributed by atoms with Crippen LogP contribution < -0.4 is 5.56 Å². The number of aromatic nitrogens is 5. The molecule has 17 heavy (non-hydrogen) atoms. The van der Waals surface area contributed by atoms with E-state index in [1.165, 1.54) is 6.07 Å². The molecule has 3 aromatic rings. The van der Waals surface area contributed by atoms with Gasteiger partial charge >= 0.3 is 0 Å². The average molecular weight is 229 g/mol. The molecule has 3 rings (SSSR count). The fourth-order valence-corrected chi connectivity index (χ4v) is 2.04. The van der Waals surface area contributed by atoms with Crippen molar-refractivity contribution in [2.24, 2.45) is 0 Å². The van der Waals surface area contributed by atoms with Crippen molar-refractivity contribution < 1.29 is 0 Å². The zero-order chi connectivity index (χ0) is 12.0. The first-order valence-corrected chi connectivity index (χ1v) is 5.26. The van der Waals surface area contributed by atoms with Crippen molar-refractivity contribution >= 4 is 5.65 Å². The van der Waals surface area contributed by atoms with Gasteiger partial charge in [-0.25, -0.2) is 4.52 Å². The van der Waals surface area contributed by atoms with Crippen LogP contribution in [0.25, 0.3) is 16.9 Å². The van der Waals surface area contributed by atoms with Crippen LogP contribution in [0.15, 0.2) is 23.1 Å². The maximum atomic E-state index is 11.6. The van der Waals surface area contributed by atoms with Crippen LogP contribution in [-0.4, -0.2) is 24.8 Å². The predicted octanol–water partition coefficient (Wildman–Crippen LogP) is 1.03. The number of aryl methyl sites for hydroxylation is 2. The smallest absolute Gasteiger partial charge is 0.251 e. The van der Waals surface area contributed by atoms with Gasteiger partial charge in [0.05, 0.1) is 17.6 Å². The van der Waals surface area contributed by atoms with Crippen LogP contribution in [0.1, 0.15) is 11.4 Å². The first-order valence-electron chi connectivity index (χ1n) is 5.26. The second kappa shape index (κ2) is 3.31. The van der Waals surface area contributed by atoms with Gasteiger partial charge in [0, 0.05) is 23.4 Å².